The molecule has 4 rings (SSSR count). The number of piperidine rings is 1. The van der Waals surface area contributed by atoms with Gasteiger partial charge in [0.2, 0.25) is 0 Å². The van der Waals surface area contributed by atoms with Gasteiger partial charge in [-0.25, -0.2) is 26.0 Å². The minimum atomic E-state index is -4.14. The SMILES string of the molecule is COc1ccc(S(=O)(=O)n2cc(C(F)F)c3c(NC4CCN(C(=O)O)CC4)cccc32)cc1. The van der Waals surface area contributed by atoms with Crippen molar-refractivity contribution < 1.29 is 31.8 Å². The number of alkyl halides is 2. The summed E-state index contributed by atoms with van der Waals surface area (Å²) in [6, 6.07) is 10.3. The topological polar surface area (TPSA) is 101 Å². The minimum Gasteiger partial charge on any atom is -0.497 e. The molecule has 0 saturated carbocycles. The number of rotatable bonds is 6. The van der Waals surface area contributed by atoms with Crippen LogP contribution in [0.4, 0.5) is 19.3 Å². The number of likely N-dealkylation sites (tertiary alicyclic amines) is 1. The van der Waals surface area contributed by atoms with Crippen molar-refractivity contribution in [2.24, 2.45) is 0 Å². The molecule has 0 radical (unpaired) electrons. The molecule has 0 unspecified atom stereocenters. The van der Waals surface area contributed by atoms with E-state index in [0.29, 0.717) is 37.4 Å². The molecule has 2 heterocycles. The Balaban J connectivity index is 1.74. The van der Waals surface area contributed by atoms with Gasteiger partial charge in [-0.15, -0.1) is 0 Å². The molecule has 0 atom stereocenters. The van der Waals surface area contributed by atoms with E-state index in [1.165, 1.54) is 42.3 Å². The number of amides is 1. The predicted octanol–water partition coefficient (Wildman–Crippen LogP) is 4.38. The lowest BCUT2D eigenvalue weighted by Crippen LogP contribution is -2.41. The van der Waals surface area contributed by atoms with Crippen molar-refractivity contribution in [2.75, 3.05) is 25.5 Å². The van der Waals surface area contributed by atoms with E-state index in [4.69, 9.17) is 9.84 Å². The van der Waals surface area contributed by atoms with Gasteiger partial charge in [0, 0.05) is 42.0 Å². The zero-order valence-electron chi connectivity index (χ0n) is 17.7. The average Bonchev–Trinajstić information content (AvgIpc) is 3.21. The maximum absolute atomic E-state index is 14.0. The van der Waals surface area contributed by atoms with Crippen molar-refractivity contribution in [1.29, 1.82) is 0 Å². The molecule has 0 aliphatic carbocycles. The normalized spacial score (nSPS) is 15.2. The largest absolute Gasteiger partial charge is 0.497 e. The van der Waals surface area contributed by atoms with Crippen LogP contribution in [0, 0.1) is 0 Å². The van der Waals surface area contributed by atoms with Gasteiger partial charge in [-0.05, 0) is 49.2 Å². The number of halogens is 2. The van der Waals surface area contributed by atoms with E-state index in [9.17, 15) is 22.0 Å². The number of hydrogen-bond acceptors (Lipinski definition) is 5. The first-order valence-electron chi connectivity index (χ1n) is 10.3. The van der Waals surface area contributed by atoms with Crippen LogP contribution in [0.15, 0.2) is 53.6 Å². The zero-order chi connectivity index (χ0) is 23.8. The van der Waals surface area contributed by atoms with E-state index in [1.807, 2.05) is 0 Å². The number of ether oxygens (including phenoxy) is 1. The summed E-state index contributed by atoms with van der Waals surface area (Å²) in [5.74, 6) is 0.472. The summed E-state index contributed by atoms with van der Waals surface area (Å²) in [5, 5.41) is 12.5. The average molecular weight is 480 g/mol. The van der Waals surface area contributed by atoms with Gasteiger partial charge in [0.1, 0.15) is 5.75 Å². The molecule has 2 aromatic carbocycles. The second kappa shape index (κ2) is 8.89. The summed E-state index contributed by atoms with van der Waals surface area (Å²) in [6.45, 7) is 0.662. The molecular weight excluding hydrogens is 456 g/mol. The standard InChI is InChI=1S/C22H23F2N3O5S/c1-32-15-5-7-16(8-6-15)33(30,31)27-13-17(21(23)24)20-18(3-2-4-19(20)27)25-14-9-11-26(12-10-14)22(28)29/h2-8,13-14,21,25H,9-12H2,1H3,(H,28,29). The van der Waals surface area contributed by atoms with Gasteiger partial charge in [-0.2, -0.15) is 0 Å². The van der Waals surface area contributed by atoms with E-state index >= 15 is 0 Å². The van der Waals surface area contributed by atoms with E-state index in [1.54, 1.807) is 12.1 Å². The smallest absolute Gasteiger partial charge is 0.407 e. The molecule has 33 heavy (non-hydrogen) atoms. The predicted molar refractivity (Wildman–Crippen MR) is 119 cm³/mol. The van der Waals surface area contributed by atoms with Crippen LogP contribution in [-0.4, -0.2) is 54.7 Å². The number of benzene rings is 2. The van der Waals surface area contributed by atoms with Crippen molar-refractivity contribution in [3.05, 3.63) is 54.2 Å². The van der Waals surface area contributed by atoms with Crippen molar-refractivity contribution in [3.8, 4) is 5.75 Å². The van der Waals surface area contributed by atoms with Crippen LogP contribution in [0.5, 0.6) is 5.75 Å². The highest BCUT2D eigenvalue weighted by atomic mass is 32.2. The maximum atomic E-state index is 14.0. The number of fused-ring (bicyclic) bond motifs is 1. The van der Waals surface area contributed by atoms with E-state index in [2.05, 4.69) is 5.32 Å². The van der Waals surface area contributed by atoms with Gasteiger partial charge in [-0.3, -0.25) is 0 Å². The maximum Gasteiger partial charge on any atom is 0.407 e. The first-order valence-corrected chi connectivity index (χ1v) is 11.7. The lowest BCUT2D eigenvalue weighted by Gasteiger charge is -2.31. The third-order valence-corrected chi connectivity index (χ3v) is 7.49. The highest BCUT2D eigenvalue weighted by Crippen LogP contribution is 2.37. The van der Waals surface area contributed by atoms with Crippen LogP contribution in [0.25, 0.3) is 10.9 Å². The van der Waals surface area contributed by atoms with E-state index in [-0.39, 0.29) is 21.8 Å². The minimum absolute atomic E-state index is 0.0552. The molecular formula is C22H23F2N3O5S. The first-order chi connectivity index (χ1) is 15.7. The fraction of sp³-hybridized carbons (Fsp3) is 0.318. The second-order valence-corrected chi connectivity index (χ2v) is 9.56. The Morgan fingerprint density at radius 2 is 1.82 bits per heavy atom. The fourth-order valence-electron chi connectivity index (χ4n) is 4.07. The molecule has 1 fully saturated rings. The van der Waals surface area contributed by atoms with Gasteiger partial charge < -0.3 is 20.1 Å². The summed E-state index contributed by atoms with van der Waals surface area (Å²) >= 11 is 0. The molecule has 8 nitrogen and oxygen atoms in total. The van der Waals surface area contributed by atoms with Gasteiger partial charge in [-0.1, -0.05) is 6.07 Å². The lowest BCUT2D eigenvalue weighted by molar-refractivity contribution is 0.133. The van der Waals surface area contributed by atoms with Gasteiger partial charge >= 0.3 is 6.09 Å². The Morgan fingerprint density at radius 3 is 2.39 bits per heavy atom. The number of aromatic nitrogens is 1. The van der Waals surface area contributed by atoms with Crippen LogP contribution >= 0.6 is 0 Å². The second-order valence-electron chi connectivity index (χ2n) is 7.75. The summed E-state index contributed by atoms with van der Waals surface area (Å²) in [4.78, 5) is 12.4. The molecule has 0 bridgehead atoms. The number of methoxy groups -OCH3 is 1. The number of nitrogens with zero attached hydrogens (tertiary/aromatic N) is 2. The Bertz CT molecular complexity index is 1270. The van der Waals surface area contributed by atoms with E-state index < -0.39 is 28.1 Å². The lowest BCUT2D eigenvalue weighted by atomic mass is 10.0. The fourth-order valence-corrected chi connectivity index (χ4v) is 5.44. The molecule has 1 aliphatic heterocycles. The molecule has 1 aliphatic rings. The van der Waals surface area contributed by atoms with Crippen LogP contribution < -0.4 is 10.1 Å². The van der Waals surface area contributed by atoms with Crippen LogP contribution in [-0.2, 0) is 10.0 Å². The number of anilines is 1. The van der Waals surface area contributed by atoms with Gasteiger partial charge in [0.25, 0.3) is 16.4 Å². The summed E-state index contributed by atoms with van der Waals surface area (Å²) in [5.41, 5.74) is 0.127. The third kappa shape index (κ3) is 4.32. The number of carbonyl (C=O) groups is 1. The zero-order valence-corrected chi connectivity index (χ0v) is 18.6. The Morgan fingerprint density at radius 1 is 1.15 bits per heavy atom. The van der Waals surface area contributed by atoms with Crippen molar-refractivity contribution in [3.63, 3.8) is 0 Å². The summed E-state index contributed by atoms with van der Waals surface area (Å²) in [7, 11) is -2.69. The van der Waals surface area contributed by atoms with E-state index in [0.717, 1.165) is 10.2 Å². The van der Waals surface area contributed by atoms with Crippen LogP contribution in [0.1, 0.15) is 24.8 Å². The molecule has 176 valence electrons. The molecule has 0 spiro atoms. The number of hydrogen-bond donors (Lipinski definition) is 2. The quantitative estimate of drug-likeness (QED) is 0.544. The molecule has 2 N–H and O–H groups in total. The molecule has 1 amide bonds. The summed E-state index contributed by atoms with van der Waals surface area (Å²) in [6.07, 6.45) is -1.89. The first kappa shape index (κ1) is 22.8. The van der Waals surface area contributed by atoms with Crippen LogP contribution in [0.2, 0.25) is 0 Å². The monoisotopic (exact) mass is 479 g/mol. The summed E-state index contributed by atoms with van der Waals surface area (Å²) < 4.78 is 60.4. The number of carboxylic acid groups (broad SMARTS) is 1. The highest BCUT2D eigenvalue weighted by Gasteiger charge is 2.28. The molecule has 11 heteroatoms. The molecule has 1 aromatic heterocycles. The number of nitrogens with one attached hydrogen (secondary N) is 1. The van der Waals surface area contributed by atoms with Crippen molar-refractivity contribution >= 4 is 32.7 Å². The van der Waals surface area contributed by atoms with Crippen molar-refractivity contribution in [2.45, 2.75) is 30.2 Å². The van der Waals surface area contributed by atoms with Gasteiger partial charge in [0.05, 0.1) is 17.5 Å². The molecule has 3 aromatic rings. The third-order valence-electron chi connectivity index (χ3n) is 5.80. The molecule has 1 saturated heterocycles. The highest BCUT2D eigenvalue weighted by molar-refractivity contribution is 7.90. The Labute approximate surface area is 189 Å². The van der Waals surface area contributed by atoms with Crippen LogP contribution in [0.3, 0.4) is 0 Å². The van der Waals surface area contributed by atoms with Gasteiger partial charge in [0.15, 0.2) is 0 Å². The Kier molecular flexibility index (Phi) is 6.15. The Hall–Kier alpha value is -3.34. The van der Waals surface area contributed by atoms with Crippen molar-refractivity contribution in [1.82, 2.24) is 8.87 Å².